The van der Waals surface area contributed by atoms with E-state index in [1.165, 1.54) is 29.5 Å². The largest absolute Gasteiger partial charge is 0.573 e. The van der Waals surface area contributed by atoms with Gasteiger partial charge in [-0.25, -0.2) is 0 Å². The summed E-state index contributed by atoms with van der Waals surface area (Å²) in [5.74, 6) is -0.181. The summed E-state index contributed by atoms with van der Waals surface area (Å²) in [5.41, 5.74) is 9.04. The van der Waals surface area contributed by atoms with Crippen LogP contribution in [0, 0.1) is 0 Å². The van der Waals surface area contributed by atoms with Crippen molar-refractivity contribution in [2.45, 2.75) is 57.3 Å². The van der Waals surface area contributed by atoms with Crippen LogP contribution in [0.3, 0.4) is 0 Å². The number of unbranched alkanes of at least 4 members (excludes halogenated alkanes) is 1. The minimum Gasteiger partial charge on any atom is -0.406 e. The van der Waals surface area contributed by atoms with Crippen molar-refractivity contribution < 1.29 is 22.7 Å². The number of carbonyl (C=O) groups is 1. The predicted molar refractivity (Wildman–Crippen MR) is 110 cm³/mol. The minimum atomic E-state index is -4.77. The van der Waals surface area contributed by atoms with Crippen LogP contribution >= 0.6 is 11.3 Å². The zero-order chi connectivity index (χ0) is 22.3. The van der Waals surface area contributed by atoms with Crippen LogP contribution in [0.4, 0.5) is 18.3 Å². The second-order valence-corrected chi connectivity index (χ2v) is 8.22. The van der Waals surface area contributed by atoms with Crippen LogP contribution in [0.25, 0.3) is 0 Å². The number of amides is 1. The van der Waals surface area contributed by atoms with Crippen molar-refractivity contribution in [2.24, 2.45) is 5.10 Å². The van der Waals surface area contributed by atoms with Crippen molar-refractivity contribution >= 4 is 28.2 Å². The van der Waals surface area contributed by atoms with Gasteiger partial charge in [-0.2, -0.15) is 5.10 Å². The summed E-state index contributed by atoms with van der Waals surface area (Å²) >= 11 is 1.40. The lowest BCUT2D eigenvalue weighted by Gasteiger charge is -2.23. The van der Waals surface area contributed by atoms with Crippen molar-refractivity contribution in [1.82, 2.24) is 20.9 Å². The Hall–Kier alpha value is -2.89. The van der Waals surface area contributed by atoms with Crippen molar-refractivity contribution in [1.29, 1.82) is 0 Å². The standard InChI is InChI=1S/C19H23F3N6O2S/c20-19(21,22)30-14-6-3-4-12(10-14)11-16(29)24-15-9-8-13(25-26-15)5-1-2-7-17-27-28-18(23)31-17/h3-4,6,10,13,25H,1-2,5,7-9,11H2,(H2,23,28)(H,24,26,29). The predicted octanol–water partition coefficient (Wildman–Crippen LogP) is 3.16. The summed E-state index contributed by atoms with van der Waals surface area (Å²) in [6.45, 7) is 0. The van der Waals surface area contributed by atoms with E-state index in [1.807, 2.05) is 0 Å². The van der Waals surface area contributed by atoms with Crippen LogP contribution in [0.1, 0.15) is 42.7 Å². The molecule has 12 heteroatoms. The van der Waals surface area contributed by atoms with Gasteiger partial charge < -0.3 is 21.2 Å². The van der Waals surface area contributed by atoms with E-state index in [9.17, 15) is 18.0 Å². The zero-order valence-electron chi connectivity index (χ0n) is 16.6. The van der Waals surface area contributed by atoms with Crippen molar-refractivity contribution in [2.75, 3.05) is 5.73 Å². The number of rotatable bonds is 8. The molecule has 4 N–H and O–H groups in total. The fourth-order valence-corrected chi connectivity index (χ4v) is 3.83. The summed E-state index contributed by atoms with van der Waals surface area (Å²) in [5, 5.41) is 16.1. The van der Waals surface area contributed by atoms with Gasteiger partial charge in [0.15, 0.2) is 0 Å². The quantitative estimate of drug-likeness (QED) is 0.526. The molecule has 1 aliphatic heterocycles. The van der Waals surface area contributed by atoms with Crippen LogP contribution in [0.5, 0.6) is 5.75 Å². The lowest BCUT2D eigenvalue weighted by Crippen LogP contribution is -2.39. The molecule has 1 unspecified atom stereocenters. The number of nitrogen functional groups attached to an aromatic ring is 1. The molecular weight excluding hydrogens is 433 g/mol. The highest BCUT2D eigenvalue weighted by molar-refractivity contribution is 7.15. The van der Waals surface area contributed by atoms with Gasteiger partial charge in [0, 0.05) is 18.9 Å². The fourth-order valence-electron chi connectivity index (χ4n) is 3.18. The van der Waals surface area contributed by atoms with E-state index in [-0.39, 0.29) is 24.1 Å². The van der Waals surface area contributed by atoms with Gasteiger partial charge in [0.25, 0.3) is 0 Å². The number of alkyl halides is 3. The first kappa shape index (κ1) is 22.8. The van der Waals surface area contributed by atoms with Gasteiger partial charge in [0.1, 0.15) is 16.6 Å². The normalized spacial score (nSPS) is 16.4. The first-order chi connectivity index (χ1) is 14.8. The molecule has 31 heavy (non-hydrogen) atoms. The molecule has 0 fully saturated rings. The third-order valence-corrected chi connectivity index (χ3v) is 5.38. The molecule has 0 spiro atoms. The maximum Gasteiger partial charge on any atom is 0.573 e. The smallest absolute Gasteiger partial charge is 0.406 e. The topological polar surface area (TPSA) is 115 Å². The molecule has 0 bridgehead atoms. The fraction of sp³-hybridized carbons (Fsp3) is 0.474. The molecule has 1 aliphatic rings. The molecule has 0 radical (unpaired) electrons. The van der Waals surface area contributed by atoms with E-state index in [0.717, 1.165) is 37.1 Å². The number of aryl methyl sites for hydroxylation is 1. The minimum absolute atomic E-state index is 0.0758. The number of ether oxygens (including phenoxy) is 1. The third-order valence-electron chi connectivity index (χ3n) is 4.57. The summed E-state index contributed by atoms with van der Waals surface area (Å²) in [6.07, 6.45) is 0.390. The number of hydrogen-bond acceptors (Lipinski definition) is 8. The highest BCUT2D eigenvalue weighted by atomic mass is 32.1. The lowest BCUT2D eigenvalue weighted by atomic mass is 10.0. The van der Waals surface area contributed by atoms with Crippen LogP contribution in [-0.4, -0.2) is 34.3 Å². The highest BCUT2D eigenvalue weighted by Gasteiger charge is 2.31. The number of nitrogens with two attached hydrogens (primary N) is 1. The van der Waals surface area contributed by atoms with E-state index >= 15 is 0 Å². The average Bonchev–Trinajstić information content (AvgIpc) is 3.10. The average molecular weight is 456 g/mol. The maximum atomic E-state index is 12.3. The molecule has 1 aromatic carbocycles. The second-order valence-electron chi connectivity index (χ2n) is 7.12. The van der Waals surface area contributed by atoms with Crippen LogP contribution in [-0.2, 0) is 17.6 Å². The van der Waals surface area contributed by atoms with Crippen LogP contribution in [0.2, 0.25) is 0 Å². The van der Waals surface area contributed by atoms with Gasteiger partial charge in [-0.3, -0.25) is 4.79 Å². The van der Waals surface area contributed by atoms with E-state index in [4.69, 9.17) is 5.73 Å². The van der Waals surface area contributed by atoms with E-state index in [0.29, 0.717) is 23.0 Å². The number of hydrazone groups is 1. The number of carbonyl (C=O) groups excluding carboxylic acids is 1. The number of nitrogens with one attached hydrogen (secondary N) is 2. The van der Waals surface area contributed by atoms with Gasteiger partial charge in [-0.15, -0.1) is 23.4 Å². The number of halogens is 3. The Labute approximate surface area is 181 Å². The molecule has 0 aliphatic carbocycles. The Morgan fingerprint density at radius 2 is 2.16 bits per heavy atom. The Balaban J connectivity index is 1.37. The molecule has 3 rings (SSSR count). The third kappa shape index (κ3) is 8.04. The molecule has 0 saturated heterocycles. The first-order valence-electron chi connectivity index (χ1n) is 9.81. The number of hydrogen-bond donors (Lipinski definition) is 3. The number of amidine groups is 1. The van der Waals surface area contributed by atoms with Gasteiger partial charge >= 0.3 is 6.36 Å². The summed E-state index contributed by atoms with van der Waals surface area (Å²) in [7, 11) is 0. The van der Waals surface area contributed by atoms with E-state index < -0.39 is 6.36 Å². The molecule has 0 saturated carbocycles. The molecule has 1 atom stereocenters. The number of anilines is 1. The van der Waals surface area contributed by atoms with Crippen molar-refractivity contribution in [3.05, 3.63) is 34.8 Å². The Morgan fingerprint density at radius 3 is 2.84 bits per heavy atom. The van der Waals surface area contributed by atoms with E-state index in [1.54, 1.807) is 6.07 Å². The van der Waals surface area contributed by atoms with Gasteiger partial charge in [-0.05, 0) is 37.0 Å². The summed E-state index contributed by atoms with van der Waals surface area (Å²) in [4.78, 5) is 12.2. The Bertz CT molecular complexity index is 918. The first-order valence-corrected chi connectivity index (χ1v) is 10.6. The maximum absolute atomic E-state index is 12.3. The SMILES string of the molecule is Nc1nnc(CCCCC2CCC(NC(=O)Cc3cccc(OC(F)(F)F)c3)=NN2)s1. The highest BCUT2D eigenvalue weighted by Crippen LogP contribution is 2.23. The van der Waals surface area contributed by atoms with Crippen molar-refractivity contribution in [3.63, 3.8) is 0 Å². The summed E-state index contributed by atoms with van der Waals surface area (Å²) in [6, 6.07) is 5.59. The number of aromatic nitrogens is 2. The Kier molecular flexibility index (Phi) is 7.66. The van der Waals surface area contributed by atoms with Crippen LogP contribution in [0.15, 0.2) is 29.4 Å². The Morgan fingerprint density at radius 1 is 1.32 bits per heavy atom. The lowest BCUT2D eigenvalue weighted by molar-refractivity contribution is -0.274. The number of nitrogens with zero attached hydrogens (tertiary/aromatic N) is 3. The number of benzene rings is 1. The molecule has 1 amide bonds. The van der Waals surface area contributed by atoms with Gasteiger partial charge in [0.05, 0.1) is 6.42 Å². The molecular formula is C19H23F3N6O2S. The summed E-state index contributed by atoms with van der Waals surface area (Å²) < 4.78 is 40.8. The zero-order valence-corrected chi connectivity index (χ0v) is 17.4. The van der Waals surface area contributed by atoms with E-state index in [2.05, 4.69) is 30.8 Å². The van der Waals surface area contributed by atoms with Gasteiger partial charge in [0.2, 0.25) is 11.0 Å². The molecule has 8 nitrogen and oxygen atoms in total. The van der Waals surface area contributed by atoms with Crippen LogP contribution < -0.4 is 21.2 Å². The van der Waals surface area contributed by atoms with Crippen molar-refractivity contribution in [3.8, 4) is 5.75 Å². The monoisotopic (exact) mass is 456 g/mol. The second kappa shape index (κ2) is 10.4. The van der Waals surface area contributed by atoms with Gasteiger partial charge in [-0.1, -0.05) is 29.9 Å². The molecule has 2 heterocycles. The molecule has 2 aromatic rings. The molecule has 168 valence electrons. The molecule has 1 aromatic heterocycles.